The normalized spacial score (nSPS) is 13.2. The van der Waals surface area contributed by atoms with Crippen molar-refractivity contribution >= 4 is 5.91 Å². The Morgan fingerprint density at radius 1 is 1.21 bits per heavy atom. The smallest absolute Gasteiger partial charge is 0.254 e. The van der Waals surface area contributed by atoms with Crippen LogP contribution in [0.4, 0.5) is 0 Å². The number of amides is 1. The van der Waals surface area contributed by atoms with Gasteiger partial charge < -0.3 is 19.2 Å². The first-order valence-electron chi connectivity index (χ1n) is 9.31. The van der Waals surface area contributed by atoms with Gasteiger partial charge in [0.25, 0.3) is 5.91 Å². The third-order valence-electron chi connectivity index (χ3n) is 4.96. The van der Waals surface area contributed by atoms with E-state index in [1.165, 1.54) is 18.7 Å². The molecule has 0 fully saturated rings. The number of hydrogen-bond donors (Lipinski definition) is 1. The topological polar surface area (TPSA) is 75.8 Å². The number of carbonyl (C=O) groups is 1. The predicted molar refractivity (Wildman–Crippen MR) is 103 cm³/mol. The van der Waals surface area contributed by atoms with Crippen molar-refractivity contribution in [1.29, 1.82) is 0 Å². The Hall–Kier alpha value is -3.28. The van der Waals surface area contributed by atoms with Crippen molar-refractivity contribution in [3.63, 3.8) is 0 Å². The fraction of sp³-hybridized carbons (Fsp3) is 0.273. The Balaban J connectivity index is 1.43. The van der Waals surface area contributed by atoms with Gasteiger partial charge in [-0.2, -0.15) is 0 Å². The fourth-order valence-corrected chi connectivity index (χ4v) is 3.43. The molecule has 0 bridgehead atoms. The van der Waals surface area contributed by atoms with Crippen molar-refractivity contribution in [2.24, 2.45) is 0 Å². The summed E-state index contributed by atoms with van der Waals surface area (Å²) in [5.74, 6) is 1.74. The zero-order valence-electron chi connectivity index (χ0n) is 15.7. The molecule has 1 aliphatic heterocycles. The van der Waals surface area contributed by atoms with Crippen molar-refractivity contribution in [2.75, 3.05) is 13.7 Å². The second kappa shape index (κ2) is 7.76. The molecule has 4 rings (SSSR count). The minimum atomic E-state index is -0.141. The molecule has 0 saturated carbocycles. The lowest BCUT2D eigenvalue weighted by atomic mass is 10.1. The molecule has 6 nitrogen and oxygen atoms in total. The van der Waals surface area contributed by atoms with Gasteiger partial charge >= 0.3 is 0 Å². The molecule has 2 aromatic carbocycles. The summed E-state index contributed by atoms with van der Waals surface area (Å²) in [6.07, 6.45) is 2.24. The van der Waals surface area contributed by atoms with Crippen LogP contribution in [0.1, 0.15) is 33.3 Å². The lowest BCUT2D eigenvalue weighted by Gasteiger charge is -2.25. The molecule has 1 amide bonds. The van der Waals surface area contributed by atoms with Crippen LogP contribution in [0.2, 0.25) is 0 Å². The van der Waals surface area contributed by atoms with Gasteiger partial charge in [0.05, 0.1) is 13.7 Å². The van der Waals surface area contributed by atoms with Crippen LogP contribution in [0.15, 0.2) is 52.9 Å². The number of phenolic OH excluding ortho intramolecular Hbond substituents is 1. The Morgan fingerprint density at radius 2 is 2.04 bits per heavy atom. The average molecular weight is 378 g/mol. The number of rotatable bonds is 5. The van der Waals surface area contributed by atoms with Crippen molar-refractivity contribution < 1.29 is 19.1 Å². The molecule has 6 heteroatoms. The second-order valence-electron chi connectivity index (χ2n) is 6.83. The summed E-state index contributed by atoms with van der Waals surface area (Å²) < 4.78 is 10.9. The summed E-state index contributed by atoms with van der Waals surface area (Å²) in [4.78, 5) is 19.1. The lowest BCUT2D eigenvalue weighted by Crippen LogP contribution is -2.35. The molecule has 0 radical (unpaired) electrons. The summed E-state index contributed by atoms with van der Waals surface area (Å²) in [5.41, 5.74) is 2.49. The number of carbonyl (C=O) groups excluding carboxylic acids is 1. The molecule has 28 heavy (non-hydrogen) atoms. The summed E-state index contributed by atoms with van der Waals surface area (Å²) in [6.45, 7) is 0.974. The quantitative estimate of drug-likeness (QED) is 0.737. The van der Waals surface area contributed by atoms with Crippen LogP contribution < -0.4 is 4.74 Å². The number of ether oxygens (including phenoxy) is 1. The maximum absolute atomic E-state index is 12.8. The number of aryl methyl sites for hydroxylation is 2. The summed E-state index contributed by atoms with van der Waals surface area (Å²) in [7, 11) is 1.47. The van der Waals surface area contributed by atoms with Crippen LogP contribution in [0.25, 0.3) is 0 Å². The van der Waals surface area contributed by atoms with Gasteiger partial charge in [0.2, 0.25) is 0 Å². The first-order chi connectivity index (χ1) is 13.6. The van der Waals surface area contributed by atoms with Crippen molar-refractivity contribution in [3.05, 3.63) is 77.0 Å². The minimum Gasteiger partial charge on any atom is -0.504 e. The Labute approximate surface area is 163 Å². The molecule has 1 aromatic heterocycles. The van der Waals surface area contributed by atoms with Crippen LogP contribution in [0.3, 0.4) is 0 Å². The largest absolute Gasteiger partial charge is 0.504 e. The van der Waals surface area contributed by atoms with Crippen molar-refractivity contribution in [2.45, 2.75) is 25.8 Å². The number of oxazole rings is 1. The molecular formula is C22H22N2O4. The highest BCUT2D eigenvalue weighted by molar-refractivity contribution is 5.95. The zero-order valence-corrected chi connectivity index (χ0v) is 15.7. The molecular weight excluding hydrogens is 356 g/mol. The maximum Gasteiger partial charge on any atom is 0.254 e. The highest BCUT2D eigenvalue weighted by atomic mass is 16.5. The SMILES string of the molecule is COc1ccc(C(=O)N2CCc3oc(CCc4ccccc4)nc3C2)cc1O. The van der Waals surface area contributed by atoms with E-state index < -0.39 is 0 Å². The van der Waals surface area contributed by atoms with Gasteiger partial charge in [-0.15, -0.1) is 0 Å². The van der Waals surface area contributed by atoms with E-state index in [1.54, 1.807) is 17.0 Å². The second-order valence-corrected chi connectivity index (χ2v) is 6.83. The first kappa shape index (κ1) is 18.1. The van der Waals surface area contributed by atoms with E-state index in [4.69, 9.17) is 9.15 Å². The van der Waals surface area contributed by atoms with Gasteiger partial charge in [-0.1, -0.05) is 30.3 Å². The number of benzene rings is 2. The molecule has 0 atom stereocenters. The molecule has 144 valence electrons. The van der Waals surface area contributed by atoms with E-state index in [2.05, 4.69) is 17.1 Å². The van der Waals surface area contributed by atoms with E-state index >= 15 is 0 Å². The van der Waals surface area contributed by atoms with Crippen LogP contribution in [0.5, 0.6) is 11.5 Å². The summed E-state index contributed by atoms with van der Waals surface area (Å²) in [5, 5.41) is 9.93. The number of aromatic hydroxyl groups is 1. The summed E-state index contributed by atoms with van der Waals surface area (Å²) >= 11 is 0. The number of hydrogen-bond acceptors (Lipinski definition) is 5. The van der Waals surface area contributed by atoms with Gasteiger partial charge in [-0.05, 0) is 30.2 Å². The Bertz CT molecular complexity index is 981. The third-order valence-corrected chi connectivity index (χ3v) is 4.96. The van der Waals surface area contributed by atoms with E-state index in [0.717, 1.165) is 24.3 Å². The van der Waals surface area contributed by atoms with Gasteiger partial charge in [0.1, 0.15) is 11.5 Å². The van der Waals surface area contributed by atoms with Gasteiger partial charge in [0, 0.05) is 24.9 Å². The van der Waals surface area contributed by atoms with Crippen molar-refractivity contribution in [3.8, 4) is 11.5 Å². The van der Waals surface area contributed by atoms with E-state index in [0.29, 0.717) is 36.7 Å². The number of fused-ring (bicyclic) bond motifs is 1. The van der Waals surface area contributed by atoms with Crippen LogP contribution in [-0.2, 0) is 25.8 Å². The molecule has 0 saturated heterocycles. The van der Waals surface area contributed by atoms with Gasteiger partial charge in [-0.3, -0.25) is 4.79 Å². The monoisotopic (exact) mass is 378 g/mol. The molecule has 0 spiro atoms. The average Bonchev–Trinajstić information content (AvgIpc) is 3.14. The molecule has 3 aromatic rings. The standard InChI is InChI=1S/C22H22N2O4/c1-27-20-9-8-16(13-18(20)25)22(26)24-12-11-19-17(14-24)23-21(28-19)10-7-15-5-3-2-4-6-15/h2-6,8-9,13,25H,7,10-12,14H2,1H3. The highest BCUT2D eigenvalue weighted by Crippen LogP contribution is 2.28. The number of aromatic nitrogens is 1. The number of phenols is 1. The number of nitrogens with zero attached hydrogens (tertiary/aromatic N) is 2. The predicted octanol–water partition coefficient (Wildman–Crippen LogP) is 3.37. The molecule has 0 aliphatic carbocycles. The Morgan fingerprint density at radius 3 is 2.79 bits per heavy atom. The number of methoxy groups -OCH3 is 1. The molecule has 1 N–H and O–H groups in total. The molecule has 1 aliphatic rings. The van der Waals surface area contributed by atoms with Gasteiger partial charge in [0.15, 0.2) is 17.4 Å². The minimum absolute atomic E-state index is 0.0457. The van der Waals surface area contributed by atoms with E-state index in [1.807, 2.05) is 18.2 Å². The molecule has 0 unspecified atom stereocenters. The maximum atomic E-state index is 12.8. The van der Waals surface area contributed by atoms with Crippen LogP contribution in [0, 0.1) is 0 Å². The lowest BCUT2D eigenvalue weighted by molar-refractivity contribution is 0.0727. The van der Waals surface area contributed by atoms with E-state index in [-0.39, 0.29) is 11.7 Å². The molecule has 2 heterocycles. The van der Waals surface area contributed by atoms with Gasteiger partial charge in [-0.25, -0.2) is 4.98 Å². The zero-order chi connectivity index (χ0) is 19.5. The van der Waals surface area contributed by atoms with Crippen LogP contribution >= 0.6 is 0 Å². The fourth-order valence-electron chi connectivity index (χ4n) is 3.43. The summed E-state index contributed by atoms with van der Waals surface area (Å²) in [6, 6.07) is 14.9. The Kier molecular flexibility index (Phi) is 5.02. The van der Waals surface area contributed by atoms with Crippen LogP contribution in [-0.4, -0.2) is 34.6 Å². The third kappa shape index (κ3) is 3.71. The first-order valence-corrected chi connectivity index (χ1v) is 9.31. The highest BCUT2D eigenvalue weighted by Gasteiger charge is 2.26. The van der Waals surface area contributed by atoms with Crippen molar-refractivity contribution in [1.82, 2.24) is 9.88 Å². The van der Waals surface area contributed by atoms with E-state index in [9.17, 15) is 9.90 Å².